The molecule has 0 heterocycles. The summed E-state index contributed by atoms with van der Waals surface area (Å²) < 4.78 is 0. The van der Waals surface area contributed by atoms with E-state index in [0.717, 1.165) is 11.3 Å². The van der Waals surface area contributed by atoms with Crippen molar-refractivity contribution in [3.8, 4) is 0 Å². The Morgan fingerprint density at radius 1 is 1.54 bits per heavy atom. The molecule has 0 saturated heterocycles. The number of nitrogen functional groups attached to an aromatic ring is 1. The van der Waals surface area contributed by atoms with Crippen LogP contribution in [0.15, 0.2) is 23.2 Å². The monoisotopic (exact) mass is 175 g/mol. The molecule has 1 aromatic rings. The van der Waals surface area contributed by atoms with Gasteiger partial charge in [-0.1, -0.05) is 6.07 Å². The maximum Gasteiger partial charge on any atom is 0.124 e. The highest BCUT2D eigenvalue weighted by molar-refractivity contribution is 6.00. The fraction of sp³-hybridized carbons (Fsp3) is 0.200. The number of nitrogens with one attached hydrogen (secondary N) is 1. The molecule has 1 rings (SSSR count). The van der Waals surface area contributed by atoms with Crippen molar-refractivity contribution >= 4 is 17.7 Å². The number of amidine groups is 1. The summed E-state index contributed by atoms with van der Waals surface area (Å²) in [6.07, 6.45) is 1.70. The second-order valence-electron chi connectivity index (χ2n) is 2.82. The molecule has 0 amide bonds. The minimum atomic E-state index is 0.0561. The van der Waals surface area contributed by atoms with Crippen molar-refractivity contribution in [1.82, 2.24) is 0 Å². The number of nitrogens with two attached hydrogens (primary N) is 1. The molecular formula is C10H13N3. The van der Waals surface area contributed by atoms with Crippen LogP contribution in [0.25, 0.3) is 0 Å². The molecule has 0 spiro atoms. The van der Waals surface area contributed by atoms with Crippen LogP contribution in [0.5, 0.6) is 0 Å². The van der Waals surface area contributed by atoms with Gasteiger partial charge in [0.15, 0.2) is 0 Å². The van der Waals surface area contributed by atoms with Crippen LogP contribution in [-0.2, 0) is 0 Å². The van der Waals surface area contributed by atoms with Gasteiger partial charge in [0.25, 0.3) is 0 Å². The Hall–Kier alpha value is -1.64. The number of hydrogen-bond donors (Lipinski definition) is 2. The van der Waals surface area contributed by atoms with Gasteiger partial charge < -0.3 is 5.73 Å². The smallest absolute Gasteiger partial charge is 0.124 e. The van der Waals surface area contributed by atoms with E-state index in [1.807, 2.05) is 32.0 Å². The predicted octanol–water partition coefficient (Wildman–Crippen LogP) is 2.00. The van der Waals surface area contributed by atoms with Gasteiger partial charge in [0, 0.05) is 11.8 Å². The highest BCUT2D eigenvalue weighted by atomic mass is 14.8. The molecule has 0 unspecified atom stereocenters. The third-order valence-corrected chi connectivity index (χ3v) is 1.71. The third-order valence-electron chi connectivity index (χ3n) is 1.71. The Labute approximate surface area is 77.8 Å². The molecule has 0 aliphatic rings. The minimum Gasteiger partial charge on any atom is -0.384 e. The largest absolute Gasteiger partial charge is 0.384 e. The summed E-state index contributed by atoms with van der Waals surface area (Å²) in [6.45, 7) is 3.82. The Morgan fingerprint density at radius 2 is 2.23 bits per heavy atom. The number of hydrogen-bond acceptors (Lipinski definition) is 2. The molecule has 3 N–H and O–H groups in total. The van der Waals surface area contributed by atoms with Crippen LogP contribution >= 0.6 is 0 Å². The lowest BCUT2D eigenvalue weighted by Gasteiger charge is -2.03. The molecule has 0 radical (unpaired) electrons. The topological polar surface area (TPSA) is 62.2 Å². The van der Waals surface area contributed by atoms with Crippen molar-refractivity contribution in [2.45, 2.75) is 13.8 Å². The van der Waals surface area contributed by atoms with E-state index in [2.05, 4.69) is 4.99 Å². The fourth-order valence-electron chi connectivity index (χ4n) is 1.12. The quantitative estimate of drug-likeness (QED) is 0.524. The van der Waals surface area contributed by atoms with Crippen molar-refractivity contribution in [2.75, 3.05) is 0 Å². The second-order valence-corrected chi connectivity index (χ2v) is 2.82. The maximum atomic E-state index is 7.33. The molecule has 0 aromatic heterocycles. The van der Waals surface area contributed by atoms with Crippen LogP contribution < -0.4 is 5.73 Å². The number of rotatable bonds is 2. The van der Waals surface area contributed by atoms with Gasteiger partial charge in [0.1, 0.15) is 5.84 Å². The van der Waals surface area contributed by atoms with E-state index < -0.39 is 0 Å². The predicted molar refractivity (Wildman–Crippen MR) is 56.0 cm³/mol. The Kier molecular flexibility index (Phi) is 2.80. The standard InChI is InChI=1S/C10H13N3/c1-3-13-9-6-7(2)4-5-8(9)10(11)12/h3-6H,1-2H3,(H3,11,12). The SMILES string of the molecule is CC=Nc1cc(C)ccc1C(=N)N. The summed E-state index contributed by atoms with van der Waals surface area (Å²) in [4.78, 5) is 4.14. The molecular weight excluding hydrogens is 162 g/mol. The second kappa shape index (κ2) is 3.85. The van der Waals surface area contributed by atoms with Crippen LogP contribution in [0.3, 0.4) is 0 Å². The third kappa shape index (κ3) is 2.15. The van der Waals surface area contributed by atoms with Gasteiger partial charge in [0.05, 0.1) is 5.69 Å². The van der Waals surface area contributed by atoms with Crippen molar-refractivity contribution in [3.63, 3.8) is 0 Å². The zero-order valence-corrected chi connectivity index (χ0v) is 7.83. The summed E-state index contributed by atoms with van der Waals surface area (Å²) in [6, 6.07) is 5.65. The first kappa shape index (κ1) is 9.45. The summed E-state index contributed by atoms with van der Waals surface area (Å²) in [5, 5.41) is 7.33. The molecule has 3 nitrogen and oxygen atoms in total. The molecule has 68 valence electrons. The summed E-state index contributed by atoms with van der Waals surface area (Å²) in [5.41, 5.74) is 7.96. The van der Waals surface area contributed by atoms with E-state index in [4.69, 9.17) is 11.1 Å². The van der Waals surface area contributed by atoms with E-state index in [-0.39, 0.29) is 5.84 Å². The van der Waals surface area contributed by atoms with Crippen molar-refractivity contribution in [3.05, 3.63) is 29.3 Å². The number of benzene rings is 1. The molecule has 0 aliphatic heterocycles. The molecule has 0 bridgehead atoms. The highest BCUT2D eigenvalue weighted by Gasteiger charge is 2.02. The van der Waals surface area contributed by atoms with Crippen LogP contribution in [0.1, 0.15) is 18.1 Å². The first-order valence-corrected chi connectivity index (χ1v) is 4.09. The first-order chi connectivity index (χ1) is 6.15. The van der Waals surface area contributed by atoms with Crippen LogP contribution in [0, 0.1) is 12.3 Å². The Bertz CT molecular complexity index is 353. The van der Waals surface area contributed by atoms with Gasteiger partial charge in [-0.25, -0.2) is 0 Å². The fourth-order valence-corrected chi connectivity index (χ4v) is 1.12. The molecule has 1 aromatic carbocycles. The highest BCUT2D eigenvalue weighted by Crippen LogP contribution is 2.19. The van der Waals surface area contributed by atoms with E-state index in [9.17, 15) is 0 Å². The molecule has 13 heavy (non-hydrogen) atoms. The summed E-state index contributed by atoms with van der Waals surface area (Å²) in [5.74, 6) is 0.0561. The van der Waals surface area contributed by atoms with Gasteiger partial charge in [0.2, 0.25) is 0 Å². The van der Waals surface area contributed by atoms with Gasteiger partial charge in [-0.3, -0.25) is 10.4 Å². The molecule has 3 heteroatoms. The van der Waals surface area contributed by atoms with Crippen molar-refractivity contribution in [1.29, 1.82) is 5.41 Å². The molecule has 0 aliphatic carbocycles. The Morgan fingerprint density at radius 3 is 2.77 bits per heavy atom. The number of nitrogens with zero attached hydrogens (tertiary/aromatic N) is 1. The van der Waals surface area contributed by atoms with E-state index in [0.29, 0.717) is 5.56 Å². The Balaban J connectivity index is 3.26. The van der Waals surface area contributed by atoms with E-state index in [1.54, 1.807) is 6.21 Å². The average Bonchev–Trinajstić information content (AvgIpc) is 2.04. The number of aryl methyl sites for hydroxylation is 1. The molecule has 0 fully saturated rings. The average molecular weight is 175 g/mol. The van der Waals surface area contributed by atoms with Gasteiger partial charge in [-0.2, -0.15) is 0 Å². The van der Waals surface area contributed by atoms with Crippen LogP contribution in [0.4, 0.5) is 5.69 Å². The lowest BCUT2D eigenvalue weighted by Crippen LogP contribution is -2.11. The molecule has 0 saturated carbocycles. The van der Waals surface area contributed by atoms with E-state index >= 15 is 0 Å². The van der Waals surface area contributed by atoms with E-state index in [1.165, 1.54) is 0 Å². The van der Waals surface area contributed by atoms with Gasteiger partial charge in [-0.15, -0.1) is 0 Å². The van der Waals surface area contributed by atoms with Gasteiger partial charge in [-0.05, 0) is 31.5 Å². The zero-order valence-electron chi connectivity index (χ0n) is 7.83. The first-order valence-electron chi connectivity index (χ1n) is 4.09. The van der Waals surface area contributed by atoms with Crippen LogP contribution in [-0.4, -0.2) is 12.1 Å². The lowest BCUT2D eigenvalue weighted by atomic mass is 10.1. The minimum absolute atomic E-state index is 0.0561. The molecule has 0 atom stereocenters. The summed E-state index contributed by atoms with van der Waals surface area (Å²) >= 11 is 0. The van der Waals surface area contributed by atoms with Crippen LogP contribution in [0.2, 0.25) is 0 Å². The van der Waals surface area contributed by atoms with Crippen molar-refractivity contribution < 1.29 is 0 Å². The lowest BCUT2D eigenvalue weighted by molar-refractivity contribution is 1.37. The summed E-state index contributed by atoms with van der Waals surface area (Å²) in [7, 11) is 0. The van der Waals surface area contributed by atoms with Crippen molar-refractivity contribution in [2.24, 2.45) is 10.7 Å². The van der Waals surface area contributed by atoms with Gasteiger partial charge >= 0.3 is 0 Å². The normalized spacial score (nSPS) is 10.6. The maximum absolute atomic E-state index is 7.33. The zero-order chi connectivity index (χ0) is 9.84. The number of aliphatic imine (C=N–C) groups is 1.